The highest BCUT2D eigenvalue weighted by Gasteiger charge is 2.25. The van der Waals surface area contributed by atoms with Gasteiger partial charge in [0.2, 0.25) is 5.91 Å². The van der Waals surface area contributed by atoms with Gasteiger partial charge in [0.1, 0.15) is 0 Å². The molecule has 0 N–H and O–H groups in total. The van der Waals surface area contributed by atoms with Crippen LogP contribution in [0.15, 0.2) is 0 Å². The van der Waals surface area contributed by atoms with Gasteiger partial charge in [-0.2, -0.15) is 0 Å². The Bertz CT molecular complexity index is 463. The summed E-state index contributed by atoms with van der Waals surface area (Å²) in [4.78, 5) is 20.1. The summed E-state index contributed by atoms with van der Waals surface area (Å²) in [6.45, 7) is 6.30. The maximum Gasteiger partial charge on any atom is 0.223 e. The number of nitrogens with zero attached hydrogens (tertiary/aromatic N) is 2. The summed E-state index contributed by atoms with van der Waals surface area (Å²) in [5, 5.41) is 1.17. The molecule has 1 amide bonds. The minimum atomic E-state index is 0.140. The lowest BCUT2D eigenvalue weighted by Gasteiger charge is -2.25. The summed E-state index contributed by atoms with van der Waals surface area (Å²) in [6.07, 6.45) is 6.74. The highest BCUT2D eigenvalue weighted by Crippen LogP contribution is 2.32. The maximum absolute atomic E-state index is 12.4. The van der Waals surface area contributed by atoms with Gasteiger partial charge < -0.3 is 4.90 Å². The second-order valence-corrected chi connectivity index (χ2v) is 7.06. The van der Waals surface area contributed by atoms with Crippen LogP contribution in [0, 0.1) is 12.8 Å². The SMILES string of the molecule is CCc1nc(C)c([C@H](C)N(C)C(=O)CC2CCCC2)s1. The summed E-state index contributed by atoms with van der Waals surface area (Å²) in [7, 11) is 1.94. The zero-order chi connectivity index (χ0) is 14.7. The molecule has 1 fully saturated rings. The van der Waals surface area contributed by atoms with Crippen molar-refractivity contribution in [3.05, 3.63) is 15.6 Å². The van der Waals surface area contributed by atoms with Gasteiger partial charge in [-0.25, -0.2) is 4.98 Å². The van der Waals surface area contributed by atoms with Gasteiger partial charge in [-0.1, -0.05) is 19.8 Å². The Morgan fingerprint density at radius 1 is 1.45 bits per heavy atom. The Hall–Kier alpha value is -0.900. The normalized spacial score (nSPS) is 17.4. The van der Waals surface area contributed by atoms with Crippen molar-refractivity contribution >= 4 is 17.2 Å². The Kier molecular flexibility index (Phi) is 5.19. The van der Waals surface area contributed by atoms with E-state index in [4.69, 9.17) is 0 Å². The first-order valence-electron chi connectivity index (χ1n) is 7.74. The average Bonchev–Trinajstić information content (AvgIpc) is 3.06. The van der Waals surface area contributed by atoms with Crippen LogP contribution >= 0.6 is 11.3 Å². The second kappa shape index (κ2) is 6.70. The van der Waals surface area contributed by atoms with Gasteiger partial charge in [-0.15, -0.1) is 11.3 Å². The third-order valence-corrected chi connectivity index (χ3v) is 5.94. The molecule has 0 unspecified atom stereocenters. The van der Waals surface area contributed by atoms with E-state index < -0.39 is 0 Å². The van der Waals surface area contributed by atoms with E-state index in [1.165, 1.54) is 35.6 Å². The molecule has 2 rings (SSSR count). The number of rotatable bonds is 5. The minimum Gasteiger partial charge on any atom is -0.338 e. The quantitative estimate of drug-likeness (QED) is 0.818. The number of aromatic nitrogens is 1. The molecule has 1 aliphatic rings. The summed E-state index contributed by atoms with van der Waals surface area (Å²) in [5.41, 5.74) is 1.08. The van der Waals surface area contributed by atoms with E-state index in [1.807, 2.05) is 11.9 Å². The predicted octanol–water partition coefficient (Wildman–Crippen LogP) is 4.11. The lowest BCUT2D eigenvalue weighted by molar-refractivity contribution is -0.132. The number of carbonyl (C=O) groups is 1. The smallest absolute Gasteiger partial charge is 0.223 e. The van der Waals surface area contributed by atoms with Crippen molar-refractivity contribution in [2.75, 3.05) is 7.05 Å². The molecule has 1 aliphatic carbocycles. The number of hydrogen-bond donors (Lipinski definition) is 0. The molecule has 0 aliphatic heterocycles. The molecule has 4 heteroatoms. The molecule has 1 aromatic heterocycles. The molecule has 1 saturated carbocycles. The number of hydrogen-bond acceptors (Lipinski definition) is 3. The molecule has 0 bridgehead atoms. The fourth-order valence-corrected chi connectivity index (χ4v) is 4.10. The average molecular weight is 294 g/mol. The van der Waals surface area contributed by atoms with Crippen LogP contribution in [0.4, 0.5) is 0 Å². The third kappa shape index (κ3) is 3.40. The van der Waals surface area contributed by atoms with E-state index in [0.29, 0.717) is 5.92 Å². The number of amides is 1. The van der Waals surface area contributed by atoms with E-state index in [0.717, 1.165) is 18.5 Å². The first-order chi connectivity index (χ1) is 9.52. The fourth-order valence-electron chi connectivity index (χ4n) is 3.00. The summed E-state index contributed by atoms with van der Waals surface area (Å²) >= 11 is 1.75. The fraction of sp³-hybridized carbons (Fsp3) is 0.750. The molecule has 1 aromatic rings. The first-order valence-corrected chi connectivity index (χ1v) is 8.56. The van der Waals surface area contributed by atoms with Crippen molar-refractivity contribution < 1.29 is 4.79 Å². The van der Waals surface area contributed by atoms with Crippen LogP contribution in [0.2, 0.25) is 0 Å². The molecule has 0 radical (unpaired) electrons. The Balaban J connectivity index is 2.00. The largest absolute Gasteiger partial charge is 0.338 e. The van der Waals surface area contributed by atoms with Crippen LogP contribution in [0.25, 0.3) is 0 Å². The summed E-state index contributed by atoms with van der Waals surface area (Å²) in [6, 6.07) is 0.140. The van der Waals surface area contributed by atoms with Crippen molar-refractivity contribution in [1.29, 1.82) is 0 Å². The topological polar surface area (TPSA) is 33.2 Å². The molecule has 0 spiro atoms. The van der Waals surface area contributed by atoms with Crippen molar-refractivity contribution in [1.82, 2.24) is 9.88 Å². The summed E-state index contributed by atoms with van der Waals surface area (Å²) < 4.78 is 0. The molecular weight excluding hydrogens is 268 g/mol. The van der Waals surface area contributed by atoms with Gasteiger partial charge >= 0.3 is 0 Å². The molecule has 0 saturated heterocycles. The molecular formula is C16H26N2OS. The molecule has 0 aromatic carbocycles. The third-order valence-electron chi connectivity index (χ3n) is 4.47. The van der Waals surface area contributed by atoms with Crippen LogP contribution in [-0.4, -0.2) is 22.8 Å². The maximum atomic E-state index is 12.4. The highest BCUT2D eigenvalue weighted by atomic mass is 32.1. The number of aryl methyl sites for hydroxylation is 2. The molecule has 1 atom stereocenters. The predicted molar refractivity (Wildman–Crippen MR) is 84.0 cm³/mol. The van der Waals surface area contributed by atoms with E-state index in [2.05, 4.69) is 25.8 Å². The minimum absolute atomic E-state index is 0.140. The van der Waals surface area contributed by atoms with Crippen LogP contribution in [0.3, 0.4) is 0 Å². The molecule has 1 heterocycles. The van der Waals surface area contributed by atoms with E-state index in [9.17, 15) is 4.79 Å². The molecule has 20 heavy (non-hydrogen) atoms. The van der Waals surface area contributed by atoms with Gasteiger partial charge in [0.15, 0.2) is 0 Å². The van der Waals surface area contributed by atoms with Crippen molar-refractivity contribution in [3.8, 4) is 0 Å². The summed E-state index contributed by atoms with van der Waals surface area (Å²) in [5.74, 6) is 0.904. The molecule has 3 nitrogen and oxygen atoms in total. The number of carbonyl (C=O) groups excluding carboxylic acids is 1. The van der Waals surface area contributed by atoms with Crippen LogP contribution in [0.1, 0.15) is 67.6 Å². The van der Waals surface area contributed by atoms with Crippen molar-refractivity contribution in [2.24, 2.45) is 5.92 Å². The monoisotopic (exact) mass is 294 g/mol. The van der Waals surface area contributed by atoms with E-state index >= 15 is 0 Å². The Morgan fingerprint density at radius 2 is 2.10 bits per heavy atom. The van der Waals surface area contributed by atoms with Gasteiger partial charge in [0.25, 0.3) is 0 Å². The van der Waals surface area contributed by atoms with Crippen molar-refractivity contribution in [2.45, 2.75) is 65.3 Å². The lowest BCUT2D eigenvalue weighted by Crippen LogP contribution is -2.30. The highest BCUT2D eigenvalue weighted by molar-refractivity contribution is 7.11. The van der Waals surface area contributed by atoms with Crippen LogP contribution in [-0.2, 0) is 11.2 Å². The zero-order valence-electron chi connectivity index (χ0n) is 13.1. The lowest BCUT2D eigenvalue weighted by atomic mass is 10.0. The number of thiazole rings is 1. The molecule has 112 valence electrons. The Morgan fingerprint density at radius 3 is 2.65 bits per heavy atom. The van der Waals surface area contributed by atoms with Gasteiger partial charge in [0, 0.05) is 18.3 Å². The van der Waals surface area contributed by atoms with Gasteiger partial charge in [-0.3, -0.25) is 4.79 Å². The standard InChI is InChI=1S/C16H26N2OS/c1-5-14-17-11(2)16(20-14)12(3)18(4)15(19)10-13-8-6-7-9-13/h12-13H,5-10H2,1-4H3/t12-/m0/s1. The van der Waals surface area contributed by atoms with Crippen LogP contribution in [0.5, 0.6) is 0 Å². The van der Waals surface area contributed by atoms with Gasteiger partial charge in [0.05, 0.1) is 16.7 Å². The van der Waals surface area contributed by atoms with Crippen LogP contribution < -0.4 is 0 Å². The first kappa shape index (κ1) is 15.5. The van der Waals surface area contributed by atoms with Gasteiger partial charge in [-0.05, 0) is 39.0 Å². The van der Waals surface area contributed by atoms with Crippen molar-refractivity contribution in [3.63, 3.8) is 0 Å². The van der Waals surface area contributed by atoms with E-state index in [-0.39, 0.29) is 11.9 Å². The zero-order valence-corrected chi connectivity index (χ0v) is 13.9. The van der Waals surface area contributed by atoms with E-state index in [1.54, 1.807) is 11.3 Å². The second-order valence-electron chi connectivity index (χ2n) is 5.95. The Labute approximate surface area is 126 Å².